The third-order valence-corrected chi connectivity index (χ3v) is 2.95. The summed E-state index contributed by atoms with van der Waals surface area (Å²) < 4.78 is 10.9. The number of fused-ring (bicyclic) bond motifs is 1. The van der Waals surface area contributed by atoms with Gasteiger partial charge in [0.25, 0.3) is 0 Å². The second-order valence-electron chi connectivity index (χ2n) is 4.14. The minimum absolute atomic E-state index is 0.231. The van der Waals surface area contributed by atoms with E-state index in [9.17, 15) is 9.59 Å². The first-order valence-electron chi connectivity index (χ1n) is 5.72. The first kappa shape index (κ1) is 10.9. The van der Waals surface area contributed by atoms with Crippen LogP contribution in [0.15, 0.2) is 18.2 Å². The van der Waals surface area contributed by atoms with Crippen LogP contribution < -0.4 is 20.1 Å². The molecular weight excluding hydrogens is 236 g/mol. The highest BCUT2D eigenvalue weighted by Crippen LogP contribution is 2.32. The standard InChI is InChI=1S/C12H12N2O4/c15-11-12(16)14-8(6-13-11)7-1-2-9-10(5-7)18-4-3-17-9/h1-2,5,8H,3-4,6H2,(H,13,15)(H,14,16). The Labute approximate surface area is 103 Å². The highest BCUT2D eigenvalue weighted by atomic mass is 16.6. The highest BCUT2D eigenvalue weighted by molar-refractivity contribution is 6.35. The van der Waals surface area contributed by atoms with Crippen LogP contribution in [-0.4, -0.2) is 31.6 Å². The quantitative estimate of drug-likeness (QED) is 0.672. The monoisotopic (exact) mass is 248 g/mol. The Morgan fingerprint density at radius 2 is 1.83 bits per heavy atom. The maximum absolute atomic E-state index is 11.3. The molecule has 3 rings (SSSR count). The fourth-order valence-electron chi connectivity index (χ4n) is 2.03. The Hall–Kier alpha value is -2.24. The molecule has 0 aromatic heterocycles. The zero-order chi connectivity index (χ0) is 12.5. The van der Waals surface area contributed by atoms with Crippen molar-refractivity contribution in [3.8, 4) is 11.5 Å². The van der Waals surface area contributed by atoms with E-state index in [-0.39, 0.29) is 6.04 Å². The van der Waals surface area contributed by atoms with Gasteiger partial charge < -0.3 is 20.1 Å². The van der Waals surface area contributed by atoms with Crippen molar-refractivity contribution in [3.05, 3.63) is 23.8 Å². The summed E-state index contributed by atoms with van der Waals surface area (Å²) >= 11 is 0. The average molecular weight is 248 g/mol. The van der Waals surface area contributed by atoms with Gasteiger partial charge in [-0.05, 0) is 17.7 Å². The summed E-state index contributed by atoms with van der Waals surface area (Å²) in [6.07, 6.45) is 0. The van der Waals surface area contributed by atoms with Gasteiger partial charge in [0.15, 0.2) is 11.5 Å². The third-order valence-electron chi connectivity index (χ3n) is 2.95. The Kier molecular flexibility index (Phi) is 2.55. The van der Waals surface area contributed by atoms with Gasteiger partial charge in [-0.2, -0.15) is 0 Å². The maximum atomic E-state index is 11.3. The largest absolute Gasteiger partial charge is 0.486 e. The van der Waals surface area contributed by atoms with Gasteiger partial charge in [0.2, 0.25) is 0 Å². The Morgan fingerprint density at radius 1 is 1.06 bits per heavy atom. The summed E-state index contributed by atoms with van der Waals surface area (Å²) in [6.45, 7) is 1.44. The van der Waals surface area contributed by atoms with Gasteiger partial charge in [0, 0.05) is 6.54 Å². The summed E-state index contributed by atoms with van der Waals surface area (Å²) in [5, 5.41) is 5.18. The SMILES string of the molecule is O=C1NCC(c2ccc3c(c2)OCCO3)NC1=O. The molecule has 2 amide bonds. The number of carbonyl (C=O) groups excluding carboxylic acids is 2. The van der Waals surface area contributed by atoms with Gasteiger partial charge in [0.1, 0.15) is 13.2 Å². The molecule has 18 heavy (non-hydrogen) atoms. The molecule has 2 aliphatic heterocycles. The van der Waals surface area contributed by atoms with Crippen LogP contribution >= 0.6 is 0 Å². The molecule has 1 unspecified atom stereocenters. The fraction of sp³-hybridized carbons (Fsp3) is 0.333. The number of amides is 2. The molecule has 0 spiro atoms. The van der Waals surface area contributed by atoms with E-state index in [2.05, 4.69) is 10.6 Å². The number of nitrogens with one attached hydrogen (secondary N) is 2. The summed E-state index contributed by atoms with van der Waals surface area (Å²) in [5.74, 6) is 0.172. The van der Waals surface area contributed by atoms with Crippen molar-refractivity contribution in [1.82, 2.24) is 10.6 Å². The second-order valence-corrected chi connectivity index (χ2v) is 4.14. The number of carbonyl (C=O) groups is 2. The third kappa shape index (κ3) is 1.85. The summed E-state index contributed by atoms with van der Waals surface area (Å²) in [5.41, 5.74) is 0.882. The van der Waals surface area contributed by atoms with Crippen LogP contribution in [0.1, 0.15) is 11.6 Å². The molecule has 1 aromatic carbocycles. The number of benzene rings is 1. The lowest BCUT2D eigenvalue weighted by atomic mass is 10.0. The van der Waals surface area contributed by atoms with Crippen LogP contribution in [0.3, 0.4) is 0 Å². The minimum Gasteiger partial charge on any atom is -0.486 e. The molecule has 94 valence electrons. The van der Waals surface area contributed by atoms with E-state index in [1.54, 1.807) is 0 Å². The smallest absolute Gasteiger partial charge is 0.309 e. The summed E-state index contributed by atoms with van der Waals surface area (Å²) in [4.78, 5) is 22.3. The Morgan fingerprint density at radius 3 is 2.61 bits per heavy atom. The molecule has 0 bridgehead atoms. The van der Waals surface area contributed by atoms with Crippen molar-refractivity contribution in [3.63, 3.8) is 0 Å². The molecule has 2 heterocycles. The molecule has 1 saturated heterocycles. The summed E-state index contributed by atoms with van der Waals surface area (Å²) in [6, 6.07) is 5.27. The van der Waals surface area contributed by atoms with Gasteiger partial charge in [-0.15, -0.1) is 0 Å². The summed E-state index contributed by atoms with van der Waals surface area (Å²) in [7, 11) is 0. The molecule has 6 heteroatoms. The molecule has 0 aliphatic carbocycles. The van der Waals surface area contributed by atoms with E-state index >= 15 is 0 Å². The highest BCUT2D eigenvalue weighted by Gasteiger charge is 2.26. The van der Waals surface area contributed by atoms with E-state index in [1.807, 2.05) is 18.2 Å². The normalized spacial score (nSPS) is 22.1. The van der Waals surface area contributed by atoms with Gasteiger partial charge >= 0.3 is 11.8 Å². The molecule has 2 N–H and O–H groups in total. The molecule has 0 saturated carbocycles. The van der Waals surface area contributed by atoms with Gasteiger partial charge in [-0.25, -0.2) is 0 Å². The van der Waals surface area contributed by atoms with Gasteiger partial charge in [0.05, 0.1) is 6.04 Å². The lowest BCUT2D eigenvalue weighted by molar-refractivity contribution is -0.141. The van der Waals surface area contributed by atoms with Gasteiger partial charge in [-0.1, -0.05) is 6.07 Å². The van der Waals surface area contributed by atoms with E-state index < -0.39 is 11.8 Å². The molecule has 1 fully saturated rings. The van der Waals surface area contributed by atoms with E-state index in [0.717, 1.165) is 5.56 Å². The lowest BCUT2D eigenvalue weighted by Crippen LogP contribution is -2.51. The van der Waals surface area contributed by atoms with Crippen molar-refractivity contribution in [2.45, 2.75) is 6.04 Å². The van der Waals surface area contributed by atoms with Crippen LogP contribution in [0.25, 0.3) is 0 Å². The molecular formula is C12H12N2O4. The van der Waals surface area contributed by atoms with E-state index in [1.165, 1.54) is 0 Å². The fourth-order valence-corrected chi connectivity index (χ4v) is 2.03. The molecule has 1 atom stereocenters. The van der Waals surface area contributed by atoms with Crippen LogP contribution in [-0.2, 0) is 9.59 Å². The number of hydrogen-bond acceptors (Lipinski definition) is 4. The van der Waals surface area contributed by atoms with Crippen molar-refractivity contribution in [2.24, 2.45) is 0 Å². The number of rotatable bonds is 1. The lowest BCUT2D eigenvalue weighted by Gasteiger charge is -2.25. The van der Waals surface area contributed by atoms with Crippen LogP contribution in [0.2, 0.25) is 0 Å². The first-order valence-corrected chi connectivity index (χ1v) is 5.72. The minimum atomic E-state index is -0.610. The van der Waals surface area contributed by atoms with E-state index in [4.69, 9.17) is 9.47 Å². The molecule has 2 aliphatic rings. The van der Waals surface area contributed by atoms with Crippen molar-refractivity contribution in [1.29, 1.82) is 0 Å². The zero-order valence-electron chi connectivity index (χ0n) is 9.56. The number of hydrogen-bond donors (Lipinski definition) is 2. The van der Waals surface area contributed by atoms with Gasteiger partial charge in [-0.3, -0.25) is 9.59 Å². The Bertz CT molecular complexity index is 515. The van der Waals surface area contributed by atoms with Crippen LogP contribution in [0.5, 0.6) is 11.5 Å². The zero-order valence-corrected chi connectivity index (χ0v) is 9.56. The van der Waals surface area contributed by atoms with Crippen LogP contribution in [0.4, 0.5) is 0 Å². The predicted octanol–water partition coefficient (Wildman–Crippen LogP) is -0.255. The van der Waals surface area contributed by atoms with Crippen molar-refractivity contribution >= 4 is 11.8 Å². The second kappa shape index (κ2) is 4.21. The van der Waals surface area contributed by atoms with Crippen molar-refractivity contribution in [2.75, 3.05) is 19.8 Å². The maximum Gasteiger partial charge on any atom is 0.309 e. The molecule has 1 aromatic rings. The average Bonchev–Trinajstić information content (AvgIpc) is 2.41. The Balaban J connectivity index is 1.84. The van der Waals surface area contributed by atoms with Crippen LogP contribution in [0, 0.1) is 0 Å². The molecule has 0 radical (unpaired) electrons. The predicted molar refractivity (Wildman–Crippen MR) is 61.3 cm³/mol. The first-order chi connectivity index (χ1) is 8.74. The number of ether oxygens (including phenoxy) is 2. The van der Waals surface area contributed by atoms with E-state index in [0.29, 0.717) is 31.3 Å². The number of piperazine rings is 1. The molecule has 6 nitrogen and oxygen atoms in total. The van der Waals surface area contributed by atoms with Crippen molar-refractivity contribution < 1.29 is 19.1 Å². The topological polar surface area (TPSA) is 76.7 Å².